The first-order chi connectivity index (χ1) is 9.60. The molecule has 0 saturated carbocycles. The molecule has 0 saturated heterocycles. The lowest BCUT2D eigenvalue weighted by molar-refractivity contribution is 0.464. The van der Waals surface area contributed by atoms with Crippen molar-refractivity contribution in [2.75, 3.05) is 17.2 Å². The van der Waals surface area contributed by atoms with Gasteiger partial charge in [-0.05, 0) is 37.1 Å². The number of aromatic nitrogens is 3. The van der Waals surface area contributed by atoms with Crippen molar-refractivity contribution in [2.45, 2.75) is 33.9 Å². The molecule has 0 bridgehead atoms. The van der Waals surface area contributed by atoms with E-state index in [1.54, 1.807) is 6.33 Å². The first kappa shape index (κ1) is 14.4. The number of nitrogen functional groups attached to an aromatic ring is 1. The van der Waals surface area contributed by atoms with E-state index in [4.69, 9.17) is 5.73 Å². The van der Waals surface area contributed by atoms with E-state index >= 15 is 0 Å². The van der Waals surface area contributed by atoms with Gasteiger partial charge < -0.3 is 10.6 Å². The molecule has 0 radical (unpaired) electrons. The van der Waals surface area contributed by atoms with Crippen molar-refractivity contribution >= 4 is 11.4 Å². The third-order valence-corrected chi connectivity index (χ3v) is 3.21. The Kier molecular flexibility index (Phi) is 4.61. The average Bonchev–Trinajstić information content (AvgIpc) is 2.83. The van der Waals surface area contributed by atoms with Crippen molar-refractivity contribution in [1.29, 1.82) is 0 Å². The summed E-state index contributed by atoms with van der Waals surface area (Å²) in [6, 6.07) is 7.94. The van der Waals surface area contributed by atoms with Crippen LogP contribution in [0.3, 0.4) is 0 Å². The van der Waals surface area contributed by atoms with Crippen LogP contribution < -0.4 is 10.6 Å². The largest absolute Gasteiger partial charge is 0.399 e. The van der Waals surface area contributed by atoms with Crippen LogP contribution in [0.4, 0.5) is 11.4 Å². The smallest absolute Gasteiger partial charge is 0.146 e. The third-order valence-electron chi connectivity index (χ3n) is 3.21. The first-order valence-electron chi connectivity index (χ1n) is 7.07. The molecule has 0 aliphatic rings. The van der Waals surface area contributed by atoms with Crippen LogP contribution in [-0.4, -0.2) is 21.3 Å². The van der Waals surface area contributed by atoms with Crippen molar-refractivity contribution < 1.29 is 0 Å². The van der Waals surface area contributed by atoms with Crippen LogP contribution in [0.25, 0.3) is 0 Å². The molecule has 108 valence electrons. The van der Waals surface area contributed by atoms with Gasteiger partial charge in [0.05, 0.1) is 6.54 Å². The van der Waals surface area contributed by atoms with Crippen molar-refractivity contribution in [2.24, 2.45) is 5.92 Å². The fourth-order valence-electron chi connectivity index (χ4n) is 2.15. The number of rotatable bonds is 6. The van der Waals surface area contributed by atoms with Crippen LogP contribution in [0, 0.1) is 5.92 Å². The van der Waals surface area contributed by atoms with Crippen LogP contribution in [0.1, 0.15) is 26.6 Å². The molecule has 2 aromatic rings. The standard InChI is InChI=1S/C15H23N5/c1-4-19(14-7-5-13(16)6-8-14)10-15-17-11-18-20(15)9-12(2)3/h5-8,11-12H,4,9-10,16H2,1-3H3. The zero-order chi connectivity index (χ0) is 14.5. The van der Waals surface area contributed by atoms with Crippen molar-refractivity contribution in [3.05, 3.63) is 36.4 Å². The highest BCUT2D eigenvalue weighted by Gasteiger charge is 2.11. The van der Waals surface area contributed by atoms with Gasteiger partial charge in [-0.25, -0.2) is 9.67 Å². The lowest BCUT2D eigenvalue weighted by Crippen LogP contribution is -2.25. The van der Waals surface area contributed by atoms with E-state index in [1.165, 1.54) is 0 Å². The average molecular weight is 273 g/mol. The third kappa shape index (κ3) is 3.50. The van der Waals surface area contributed by atoms with E-state index in [0.717, 1.165) is 36.8 Å². The van der Waals surface area contributed by atoms with Crippen LogP contribution >= 0.6 is 0 Å². The van der Waals surface area contributed by atoms with E-state index < -0.39 is 0 Å². The molecule has 1 aromatic carbocycles. The lowest BCUT2D eigenvalue weighted by atomic mass is 10.2. The molecule has 5 heteroatoms. The molecule has 0 atom stereocenters. The molecule has 0 spiro atoms. The van der Waals surface area contributed by atoms with E-state index in [2.05, 4.69) is 35.8 Å². The Balaban J connectivity index is 2.14. The molecule has 0 unspecified atom stereocenters. The predicted molar refractivity (Wildman–Crippen MR) is 82.4 cm³/mol. The molecule has 0 amide bonds. The molecule has 1 aromatic heterocycles. The monoisotopic (exact) mass is 273 g/mol. The quantitative estimate of drug-likeness (QED) is 0.822. The summed E-state index contributed by atoms with van der Waals surface area (Å²) in [5, 5.41) is 4.31. The van der Waals surface area contributed by atoms with E-state index in [9.17, 15) is 0 Å². The highest BCUT2D eigenvalue weighted by atomic mass is 15.3. The topological polar surface area (TPSA) is 60.0 Å². The summed E-state index contributed by atoms with van der Waals surface area (Å²) >= 11 is 0. The first-order valence-corrected chi connectivity index (χ1v) is 7.07. The molecule has 2 rings (SSSR count). The zero-order valence-corrected chi connectivity index (χ0v) is 12.5. The van der Waals surface area contributed by atoms with Gasteiger partial charge in [-0.1, -0.05) is 13.8 Å². The second-order valence-corrected chi connectivity index (χ2v) is 5.36. The second-order valence-electron chi connectivity index (χ2n) is 5.36. The van der Waals surface area contributed by atoms with E-state index in [0.29, 0.717) is 5.92 Å². The maximum atomic E-state index is 5.74. The van der Waals surface area contributed by atoms with Gasteiger partial charge in [0.1, 0.15) is 12.2 Å². The Morgan fingerprint density at radius 2 is 1.95 bits per heavy atom. The minimum Gasteiger partial charge on any atom is -0.399 e. The summed E-state index contributed by atoms with van der Waals surface area (Å²) in [5.41, 5.74) is 7.68. The van der Waals surface area contributed by atoms with Gasteiger partial charge in [0, 0.05) is 24.5 Å². The molecule has 0 fully saturated rings. The van der Waals surface area contributed by atoms with Crippen LogP contribution in [-0.2, 0) is 13.1 Å². The summed E-state index contributed by atoms with van der Waals surface area (Å²) in [7, 11) is 0. The summed E-state index contributed by atoms with van der Waals surface area (Å²) in [6.45, 7) is 9.08. The molecule has 0 aliphatic heterocycles. The van der Waals surface area contributed by atoms with Crippen molar-refractivity contribution in [3.63, 3.8) is 0 Å². The maximum Gasteiger partial charge on any atom is 0.146 e. The molecular weight excluding hydrogens is 250 g/mol. The molecule has 2 N–H and O–H groups in total. The Morgan fingerprint density at radius 1 is 1.25 bits per heavy atom. The van der Waals surface area contributed by atoms with E-state index in [-0.39, 0.29) is 0 Å². The lowest BCUT2D eigenvalue weighted by Gasteiger charge is -2.23. The Labute approximate surface area is 120 Å². The summed E-state index contributed by atoms with van der Waals surface area (Å²) in [4.78, 5) is 6.65. The molecule has 5 nitrogen and oxygen atoms in total. The number of nitrogens with two attached hydrogens (primary N) is 1. The van der Waals surface area contributed by atoms with Crippen molar-refractivity contribution in [3.8, 4) is 0 Å². The van der Waals surface area contributed by atoms with Gasteiger partial charge in [-0.2, -0.15) is 5.10 Å². The minimum absolute atomic E-state index is 0.557. The van der Waals surface area contributed by atoms with Crippen LogP contribution in [0.5, 0.6) is 0 Å². The summed E-state index contributed by atoms with van der Waals surface area (Å²) in [5.74, 6) is 1.56. The van der Waals surface area contributed by atoms with E-state index in [1.807, 2.05) is 28.9 Å². The molecule has 20 heavy (non-hydrogen) atoms. The second kappa shape index (κ2) is 6.41. The van der Waals surface area contributed by atoms with Crippen LogP contribution in [0.15, 0.2) is 30.6 Å². The SMILES string of the molecule is CCN(Cc1ncnn1CC(C)C)c1ccc(N)cc1. The normalized spacial score (nSPS) is 11.0. The van der Waals surface area contributed by atoms with Gasteiger partial charge in [-0.15, -0.1) is 0 Å². The maximum absolute atomic E-state index is 5.74. The van der Waals surface area contributed by atoms with Gasteiger partial charge >= 0.3 is 0 Å². The highest BCUT2D eigenvalue weighted by molar-refractivity contribution is 5.53. The van der Waals surface area contributed by atoms with Crippen molar-refractivity contribution in [1.82, 2.24) is 14.8 Å². The fraction of sp³-hybridized carbons (Fsp3) is 0.467. The van der Waals surface area contributed by atoms with Gasteiger partial charge in [0.2, 0.25) is 0 Å². The Bertz CT molecular complexity index is 529. The minimum atomic E-state index is 0.557. The highest BCUT2D eigenvalue weighted by Crippen LogP contribution is 2.18. The number of benzene rings is 1. The number of hydrogen-bond acceptors (Lipinski definition) is 4. The van der Waals surface area contributed by atoms with Gasteiger partial charge in [0.15, 0.2) is 0 Å². The molecule has 1 heterocycles. The zero-order valence-electron chi connectivity index (χ0n) is 12.5. The molecule has 0 aliphatic carbocycles. The number of hydrogen-bond donors (Lipinski definition) is 1. The van der Waals surface area contributed by atoms with Gasteiger partial charge in [0.25, 0.3) is 0 Å². The Morgan fingerprint density at radius 3 is 2.55 bits per heavy atom. The summed E-state index contributed by atoms with van der Waals surface area (Å²) < 4.78 is 1.99. The van der Waals surface area contributed by atoms with Gasteiger partial charge in [-0.3, -0.25) is 0 Å². The predicted octanol–water partition coefficient (Wildman–Crippen LogP) is 2.54. The number of anilines is 2. The Hall–Kier alpha value is -2.04. The fourth-order valence-corrected chi connectivity index (χ4v) is 2.15. The van der Waals surface area contributed by atoms with Crippen LogP contribution in [0.2, 0.25) is 0 Å². The summed E-state index contributed by atoms with van der Waals surface area (Å²) in [6.07, 6.45) is 1.63. The number of nitrogens with zero attached hydrogens (tertiary/aromatic N) is 4. The molecular formula is C15H23N5.